The molecule has 2 unspecified atom stereocenters. The van der Waals surface area contributed by atoms with Crippen molar-refractivity contribution in [2.24, 2.45) is 9.98 Å². The fraction of sp³-hybridized carbons (Fsp3) is 0.400. The largest absolute Gasteiger partial charge is 0.872 e. The lowest BCUT2D eigenvalue weighted by Gasteiger charge is -2.25. The number of rotatable bonds is 4. The summed E-state index contributed by atoms with van der Waals surface area (Å²) >= 11 is 0. The molecular formula is C20H23N4O2-. The number of aromatic nitrogens is 2. The molecule has 0 radical (unpaired) electrons. The molecule has 136 valence electrons. The van der Waals surface area contributed by atoms with Gasteiger partial charge in [0.1, 0.15) is 0 Å². The van der Waals surface area contributed by atoms with Crippen LogP contribution in [-0.2, 0) is 0 Å². The van der Waals surface area contributed by atoms with Gasteiger partial charge < -0.3 is 10.1 Å². The zero-order chi connectivity index (χ0) is 18.5. The number of aliphatic imine (C=N–C) groups is 2. The number of hydrogen-bond acceptors (Lipinski definition) is 5. The molecule has 0 amide bonds. The Morgan fingerprint density at radius 3 is 2.38 bits per heavy atom. The molecule has 1 fully saturated rings. The Bertz CT molecular complexity index is 886. The van der Waals surface area contributed by atoms with E-state index in [0.717, 1.165) is 25.7 Å². The summed E-state index contributed by atoms with van der Waals surface area (Å²) in [7, 11) is 0. The molecule has 0 bridgehead atoms. The van der Waals surface area contributed by atoms with Gasteiger partial charge in [0, 0.05) is 48.3 Å². The van der Waals surface area contributed by atoms with Crippen molar-refractivity contribution in [3.63, 3.8) is 0 Å². The van der Waals surface area contributed by atoms with Gasteiger partial charge in [-0.1, -0.05) is 18.6 Å². The van der Waals surface area contributed by atoms with Crippen LogP contribution in [0, 0.1) is 13.8 Å². The van der Waals surface area contributed by atoms with Crippen LogP contribution in [0.25, 0.3) is 0 Å². The van der Waals surface area contributed by atoms with Gasteiger partial charge in [-0.05, 0) is 32.3 Å². The van der Waals surface area contributed by atoms with Gasteiger partial charge in [-0.2, -0.15) is 0 Å². The highest BCUT2D eigenvalue weighted by molar-refractivity contribution is 5.83. The Morgan fingerprint density at radius 1 is 1.04 bits per heavy atom. The number of hydrogen-bond donors (Lipinski definition) is 1. The van der Waals surface area contributed by atoms with Gasteiger partial charge in [0.05, 0.1) is 17.6 Å². The molecule has 2 heterocycles. The van der Waals surface area contributed by atoms with E-state index in [1.165, 1.54) is 0 Å². The number of H-pyrrole nitrogens is 1. The summed E-state index contributed by atoms with van der Waals surface area (Å²) in [5, 5.41) is 12.1. The smallest absolute Gasteiger partial charge is 0.193 e. The lowest BCUT2D eigenvalue weighted by atomic mass is 9.91. The van der Waals surface area contributed by atoms with E-state index in [4.69, 9.17) is 0 Å². The van der Waals surface area contributed by atoms with E-state index in [1.54, 1.807) is 51.1 Å². The van der Waals surface area contributed by atoms with Crippen LogP contribution in [0.1, 0.15) is 47.9 Å². The third-order valence-electron chi connectivity index (χ3n) is 4.77. The Morgan fingerprint density at radius 2 is 1.69 bits per heavy atom. The summed E-state index contributed by atoms with van der Waals surface area (Å²) in [4.78, 5) is 28.4. The molecule has 6 nitrogen and oxygen atoms in total. The summed E-state index contributed by atoms with van der Waals surface area (Å²) in [5.41, 5.74) is 2.34. The fourth-order valence-electron chi connectivity index (χ4n) is 3.17. The number of aryl methyl sites for hydroxylation is 2. The van der Waals surface area contributed by atoms with Crippen molar-refractivity contribution in [2.75, 3.05) is 0 Å². The lowest BCUT2D eigenvalue weighted by Crippen LogP contribution is -2.27. The van der Waals surface area contributed by atoms with E-state index in [9.17, 15) is 9.90 Å². The normalized spacial score (nSPS) is 20.8. The van der Waals surface area contributed by atoms with Crippen LogP contribution in [0.5, 0.6) is 5.75 Å². The second-order valence-corrected chi connectivity index (χ2v) is 6.77. The van der Waals surface area contributed by atoms with Crippen molar-refractivity contribution in [3.8, 4) is 5.75 Å². The molecular weight excluding hydrogens is 328 g/mol. The van der Waals surface area contributed by atoms with Gasteiger partial charge in [-0.15, -0.1) is 0 Å². The third kappa shape index (κ3) is 4.07. The summed E-state index contributed by atoms with van der Waals surface area (Å²) in [6, 6.07) is 0.0385. The van der Waals surface area contributed by atoms with E-state index < -0.39 is 0 Å². The maximum absolute atomic E-state index is 12.1. The first-order valence-corrected chi connectivity index (χ1v) is 8.92. The highest BCUT2D eigenvalue weighted by atomic mass is 16.3. The predicted molar refractivity (Wildman–Crippen MR) is 101 cm³/mol. The predicted octanol–water partition coefficient (Wildman–Crippen LogP) is 2.31. The highest BCUT2D eigenvalue weighted by Gasteiger charge is 2.23. The van der Waals surface area contributed by atoms with E-state index >= 15 is 0 Å². The molecule has 0 saturated heterocycles. The van der Waals surface area contributed by atoms with Crippen LogP contribution < -0.4 is 10.5 Å². The standard InChI is InChI=1S/C20H24N4O2/c1-13-7-21-9-15(19(13)25)11-23-17-5-3-4-6-18(17)24-12-16-10-22-8-14(2)20(16)26/h7-12,17-18H,3-6H2,1-2H3,(H,21,25)(H,22,26)/p-1. The molecule has 0 spiro atoms. The average molecular weight is 351 g/mol. The Hall–Kier alpha value is -2.76. The molecule has 6 heteroatoms. The van der Waals surface area contributed by atoms with Crippen LogP contribution >= 0.6 is 0 Å². The molecule has 26 heavy (non-hydrogen) atoms. The first-order valence-electron chi connectivity index (χ1n) is 8.92. The van der Waals surface area contributed by atoms with Crippen LogP contribution in [0.4, 0.5) is 0 Å². The van der Waals surface area contributed by atoms with E-state index in [1.807, 2.05) is 0 Å². The summed E-state index contributed by atoms with van der Waals surface area (Å²) < 4.78 is 0. The van der Waals surface area contributed by atoms with Gasteiger partial charge in [0.25, 0.3) is 0 Å². The molecule has 2 aromatic heterocycles. The van der Waals surface area contributed by atoms with Crippen LogP contribution in [0.2, 0.25) is 0 Å². The maximum Gasteiger partial charge on any atom is 0.193 e. The summed E-state index contributed by atoms with van der Waals surface area (Å²) in [6.45, 7) is 3.53. The van der Waals surface area contributed by atoms with Crippen LogP contribution in [0.15, 0.2) is 39.6 Å². The number of nitrogens with zero attached hydrogens (tertiary/aromatic N) is 3. The molecule has 1 N–H and O–H groups in total. The number of pyridine rings is 2. The molecule has 2 atom stereocenters. The second-order valence-electron chi connectivity index (χ2n) is 6.77. The van der Waals surface area contributed by atoms with Crippen molar-refractivity contribution in [1.29, 1.82) is 0 Å². The number of aromatic amines is 1. The molecule has 1 saturated carbocycles. The van der Waals surface area contributed by atoms with E-state index in [2.05, 4.69) is 20.0 Å². The quantitative estimate of drug-likeness (QED) is 0.857. The second kappa shape index (κ2) is 8.08. The lowest BCUT2D eigenvalue weighted by molar-refractivity contribution is -0.269. The van der Waals surface area contributed by atoms with Gasteiger partial charge in [0.2, 0.25) is 0 Å². The SMILES string of the molecule is Cc1cncc(C=NC2CCCCC2N=Cc2c[nH]cc(C)c2=O)c1[O-]. The maximum atomic E-state index is 12.1. The van der Waals surface area contributed by atoms with Crippen molar-refractivity contribution < 1.29 is 5.11 Å². The minimum absolute atomic E-state index is 0.00908. The van der Waals surface area contributed by atoms with Crippen LogP contribution in [0.3, 0.4) is 0 Å². The Kier molecular flexibility index (Phi) is 5.61. The monoisotopic (exact) mass is 351 g/mol. The molecule has 0 aliphatic heterocycles. The van der Waals surface area contributed by atoms with Gasteiger partial charge >= 0.3 is 0 Å². The van der Waals surface area contributed by atoms with E-state index in [0.29, 0.717) is 22.3 Å². The average Bonchev–Trinajstić information content (AvgIpc) is 2.65. The van der Waals surface area contributed by atoms with Crippen molar-refractivity contribution in [2.45, 2.75) is 51.6 Å². The summed E-state index contributed by atoms with van der Waals surface area (Å²) in [5.74, 6) is -0.0362. The zero-order valence-electron chi connectivity index (χ0n) is 15.1. The molecule has 3 rings (SSSR count). The molecule has 0 aromatic carbocycles. The van der Waals surface area contributed by atoms with Gasteiger partial charge in [-0.25, -0.2) is 0 Å². The van der Waals surface area contributed by atoms with Crippen LogP contribution in [-0.4, -0.2) is 34.5 Å². The van der Waals surface area contributed by atoms with Gasteiger partial charge in [0.15, 0.2) is 5.43 Å². The van der Waals surface area contributed by atoms with Gasteiger partial charge in [-0.3, -0.25) is 19.8 Å². The van der Waals surface area contributed by atoms with Crippen molar-refractivity contribution >= 4 is 12.4 Å². The Labute approximate surface area is 152 Å². The first kappa shape index (κ1) is 18.0. The molecule has 1 aliphatic carbocycles. The summed E-state index contributed by atoms with van der Waals surface area (Å²) in [6.07, 6.45) is 13.8. The highest BCUT2D eigenvalue weighted by Crippen LogP contribution is 2.24. The first-order chi connectivity index (χ1) is 12.6. The minimum atomic E-state index is -0.0362. The van der Waals surface area contributed by atoms with Crippen molar-refractivity contribution in [3.05, 3.63) is 57.3 Å². The number of nitrogens with one attached hydrogen (secondary N) is 1. The molecule has 1 aliphatic rings. The topological polar surface area (TPSA) is 93.5 Å². The molecule has 2 aromatic rings. The minimum Gasteiger partial charge on any atom is -0.872 e. The van der Waals surface area contributed by atoms with Crippen molar-refractivity contribution in [1.82, 2.24) is 9.97 Å². The third-order valence-corrected chi connectivity index (χ3v) is 4.77. The zero-order valence-corrected chi connectivity index (χ0v) is 15.1. The fourth-order valence-corrected chi connectivity index (χ4v) is 3.17. The Balaban J connectivity index is 1.78. The van der Waals surface area contributed by atoms with E-state index in [-0.39, 0.29) is 23.3 Å².